The summed E-state index contributed by atoms with van der Waals surface area (Å²) < 4.78 is 15.1. The molecule has 0 aromatic rings. The van der Waals surface area contributed by atoms with E-state index in [0.29, 0.717) is 13.2 Å². The lowest BCUT2D eigenvalue weighted by atomic mass is 10.2. The number of carbonyl (C=O) groups is 1. The second kappa shape index (κ2) is 7.20. The zero-order valence-corrected chi connectivity index (χ0v) is 10.3. The van der Waals surface area contributed by atoms with Crippen molar-refractivity contribution in [2.45, 2.75) is 39.4 Å². The number of nitriles is 1. The van der Waals surface area contributed by atoms with Gasteiger partial charge in [0.15, 0.2) is 0 Å². The van der Waals surface area contributed by atoms with Crippen molar-refractivity contribution >= 4 is 5.97 Å². The Morgan fingerprint density at radius 1 is 1.38 bits per heavy atom. The summed E-state index contributed by atoms with van der Waals surface area (Å²) in [5.74, 6) is -0.661. The van der Waals surface area contributed by atoms with Crippen LogP contribution >= 0.6 is 0 Å². The topological polar surface area (TPSA) is 68.5 Å². The van der Waals surface area contributed by atoms with Crippen molar-refractivity contribution in [2.75, 3.05) is 19.8 Å². The molecule has 0 amide bonds. The normalized spacial score (nSPS) is 12.9. The van der Waals surface area contributed by atoms with Crippen LogP contribution in [0.1, 0.15) is 27.7 Å². The van der Waals surface area contributed by atoms with Gasteiger partial charge in [0.1, 0.15) is 11.7 Å². The highest BCUT2D eigenvalue weighted by Gasteiger charge is 2.25. The molecule has 0 spiro atoms. The van der Waals surface area contributed by atoms with E-state index in [4.69, 9.17) is 19.5 Å². The fraction of sp³-hybridized carbons (Fsp3) is 0.818. The quantitative estimate of drug-likeness (QED) is 0.507. The Morgan fingerprint density at radius 3 is 2.44 bits per heavy atom. The Kier molecular flexibility index (Phi) is 6.70. The first kappa shape index (κ1) is 14.9. The Balaban J connectivity index is 3.99. The van der Waals surface area contributed by atoms with Crippen LogP contribution in [0.25, 0.3) is 0 Å². The van der Waals surface area contributed by atoms with Crippen molar-refractivity contribution in [3.8, 4) is 6.07 Å². The lowest BCUT2D eigenvalue weighted by Gasteiger charge is -2.21. The largest absolute Gasteiger partial charge is 0.457 e. The average molecular weight is 229 g/mol. The minimum absolute atomic E-state index is 0.200. The molecule has 16 heavy (non-hydrogen) atoms. The third-order valence-corrected chi connectivity index (χ3v) is 1.45. The van der Waals surface area contributed by atoms with E-state index in [1.54, 1.807) is 26.8 Å². The zero-order chi connectivity index (χ0) is 12.6. The molecule has 0 aromatic carbocycles. The monoisotopic (exact) mass is 229 g/mol. The fourth-order valence-corrected chi connectivity index (χ4v) is 0.883. The molecule has 0 aromatic heterocycles. The molecule has 0 heterocycles. The molecule has 0 saturated carbocycles. The Bertz CT molecular complexity index is 252. The van der Waals surface area contributed by atoms with Crippen LogP contribution in [0, 0.1) is 11.3 Å². The van der Waals surface area contributed by atoms with E-state index in [2.05, 4.69) is 0 Å². The van der Waals surface area contributed by atoms with Gasteiger partial charge in [-0.05, 0) is 27.7 Å². The van der Waals surface area contributed by atoms with Crippen molar-refractivity contribution in [3.63, 3.8) is 0 Å². The number of carbonyl (C=O) groups excluding carboxylic acids is 1. The van der Waals surface area contributed by atoms with Gasteiger partial charge >= 0.3 is 5.97 Å². The number of nitrogens with zero attached hydrogens (tertiary/aromatic N) is 1. The minimum atomic E-state index is -1.18. The summed E-state index contributed by atoms with van der Waals surface area (Å²) in [6.07, 6.45) is -1.18. The average Bonchev–Trinajstić information content (AvgIpc) is 2.15. The molecule has 1 atom stereocenters. The van der Waals surface area contributed by atoms with E-state index < -0.39 is 17.7 Å². The molecule has 0 bridgehead atoms. The Hall–Kier alpha value is -1.12. The van der Waals surface area contributed by atoms with Crippen molar-refractivity contribution < 1.29 is 19.0 Å². The smallest absolute Gasteiger partial charge is 0.350 e. The van der Waals surface area contributed by atoms with Crippen molar-refractivity contribution in [2.24, 2.45) is 0 Å². The molecule has 0 aliphatic rings. The number of rotatable bonds is 6. The van der Waals surface area contributed by atoms with Gasteiger partial charge in [-0.1, -0.05) is 0 Å². The summed E-state index contributed by atoms with van der Waals surface area (Å²) >= 11 is 0. The van der Waals surface area contributed by atoms with E-state index in [0.717, 1.165) is 0 Å². The highest BCUT2D eigenvalue weighted by Crippen LogP contribution is 2.09. The number of esters is 1. The van der Waals surface area contributed by atoms with Gasteiger partial charge in [-0.25, -0.2) is 4.79 Å². The first-order valence-corrected chi connectivity index (χ1v) is 5.22. The van der Waals surface area contributed by atoms with Crippen LogP contribution in [0.3, 0.4) is 0 Å². The number of ether oxygens (including phenoxy) is 3. The summed E-state index contributed by atoms with van der Waals surface area (Å²) in [6, 6.07) is 1.75. The molecule has 0 aliphatic heterocycles. The van der Waals surface area contributed by atoms with E-state index in [1.807, 2.05) is 6.92 Å². The summed E-state index contributed by atoms with van der Waals surface area (Å²) in [5, 5.41) is 8.73. The van der Waals surface area contributed by atoms with Crippen LogP contribution in [0.15, 0.2) is 0 Å². The molecule has 1 unspecified atom stereocenters. The third kappa shape index (κ3) is 7.21. The van der Waals surface area contributed by atoms with Crippen LogP contribution in [-0.2, 0) is 19.0 Å². The first-order valence-electron chi connectivity index (χ1n) is 5.22. The zero-order valence-electron chi connectivity index (χ0n) is 10.3. The predicted octanol–water partition coefficient (Wildman–Crippen LogP) is 1.27. The maximum atomic E-state index is 11.4. The van der Waals surface area contributed by atoms with Crippen LogP contribution in [-0.4, -0.2) is 37.5 Å². The molecular formula is C11H19NO4. The van der Waals surface area contributed by atoms with Gasteiger partial charge in [-0.2, -0.15) is 5.26 Å². The first-order chi connectivity index (χ1) is 7.40. The van der Waals surface area contributed by atoms with Crippen molar-refractivity contribution in [3.05, 3.63) is 0 Å². The second-order valence-electron chi connectivity index (χ2n) is 4.11. The van der Waals surface area contributed by atoms with Gasteiger partial charge in [-0.3, -0.25) is 0 Å². The Morgan fingerprint density at radius 2 is 2.00 bits per heavy atom. The summed E-state index contributed by atoms with van der Waals surface area (Å²) in [7, 11) is 0. The molecule has 92 valence electrons. The summed E-state index contributed by atoms with van der Waals surface area (Å²) in [6.45, 7) is 8.20. The van der Waals surface area contributed by atoms with Crippen LogP contribution in [0.5, 0.6) is 0 Å². The van der Waals surface area contributed by atoms with Crippen LogP contribution in [0.4, 0.5) is 0 Å². The standard InChI is InChI=1S/C11H19NO4/c1-5-14-6-7-15-9(8-12)10(13)16-11(2,3)4/h9H,5-7H2,1-4H3. The van der Waals surface area contributed by atoms with Gasteiger partial charge in [0.25, 0.3) is 0 Å². The highest BCUT2D eigenvalue weighted by molar-refractivity contribution is 5.78. The molecule has 0 saturated heterocycles. The molecular weight excluding hydrogens is 210 g/mol. The number of hydrogen-bond donors (Lipinski definition) is 0. The SMILES string of the molecule is CCOCCOC(C#N)C(=O)OC(C)(C)C. The lowest BCUT2D eigenvalue weighted by molar-refractivity contribution is -0.165. The maximum absolute atomic E-state index is 11.4. The number of hydrogen-bond acceptors (Lipinski definition) is 5. The van der Waals surface area contributed by atoms with E-state index >= 15 is 0 Å². The maximum Gasteiger partial charge on any atom is 0.350 e. The van der Waals surface area contributed by atoms with E-state index in [9.17, 15) is 4.79 Å². The molecule has 0 N–H and O–H groups in total. The van der Waals surface area contributed by atoms with Crippen LogP contribution < -0.4 is 0 Å². The van der Waals surface area contributed by atoms with E-state index in [1.165, 1.54) is 0 Å². The lowest BCUT2D eigenvalue weighted by Crippen LogP contribution is -2.33. The third-order valence-electron chi connectivity index (χ3n) is 1.45. The van der Waals surface area contributed by atoms with Gasteiger partial charge in [-0.15, -0.1) is 0 Å². The van der Waals surface area contributed by atoms with Gasteiger partial charge in [0.05, 0.1) is 13.2 Å². The van der Waals surface area contributed by atoms with Gasteiger partial charge < -0.3 is 14.2 Å². The Labute approximate surface area is 96.3 Å². The van der Waals surface area contributed by atoms with Crippen molar-refractivity contribution in [1.29, 1.82) is 5.26 Å². The minimum Gasteiger partial charge on any atom is -0.457 e. The van der Waals surface area contributed by atoms with Crippen LogP contribution in [0.2, 0.25) is 0 Å². The molecule has 5 heteroatoms. The summed E-state index contributed by atoms with van der Waals surface area (Å²) in [5.41, 5.74) is -0.616. The fourth-order valence-electron chi connectivity index (χ4n) is 0.883. The molecule has 5 nitrogen and oxygen atoms in total. The van der Waals surface area contributed by atoms with Gasteiger partial charge in [0, 0.05) is 6.61 Å². The van der Waals surface area contributed by atoms with Gasteiger partial charge in [0.2, 0.25) is 6.10 Å². The van der Waals surface area contributed by atoms with E-state index in [-0.39, 0.29) is 6.61 Å². The summed E-state index contributed by atoms with van der Waals surface area (Å²) in [4.78, 5) is 11.4. The highest BCUT2D eigenvalue weighted by atomic mass is 16.6. The predicted molar refractivity (Wildman–Crippen MR) is 57.7 cm³/mol. The second-order valence-corrected chi connectivity index (χ2v) is 4.11. The molecule has 0 aliphatic carbocycles. The molecule has 0 fully saturated rings. The molecule has 0 rings (SSSR count). The van der Waals surface area contributed by atoms with Crippen molar-refractivity contribution in [1.82, 2.24) is 0 Å². The molecule has 0 radical (unpaired) electrons.